The molecule has 2 heterocycles. The Hall–Kier alpha value is -2.81. The van der Waals surface area contributed by atoms with Crippen LogP contribution in [0.1, 0.15) is 39.2 Å². The molecule has 6 heteroatoms. The van der Waals surface area contributed by atoms with Crippen molar-refractivity contribution in [3.63, 3.8) is 0 Å². The minimum absolute atomic E-state index is 0.101. The predicted octanol–water partition coefficient (Wildman–Crippen LogP) is 5.86. The monoisotopic (exact) mass is 433 g/mol. The first-order chi connectivity index (χ1) is 14.8. The summed E-state index contributed by atoms with van der Waals surface area (Å²) >= 11 is 6.02. The molecule has 4 rings (SSSR count). The zero-order valence-corrected chi connectivity index (χ0v) is 19.0. The van der Waals surface area contributed by atoms with E-state index >= 15 is 0 Å². The summed E-state index contributed by atoms with van der Waals surface area (Å²) in [4.78, 5) is 7.12. The molecule has 2 aromatic carbocycles. The third-order valence-electron chi connectivity index (χ3n) is 5.53. The van der Waals surface area contributed by atoms with Gasteiger partial charge in [-0.25, -0.2) is 4.98 Å². The molecule has 1 saturated heterocycles. The van der Waals surface area contributed by atoms with Crippen LogP contribution in [0.5, 0.6) is 0 Å². The quantitative estimate of drug-likeness (QED) is 0.539. The molecule has 0 atom stereocenters. The summed E-state index contributed by atoms with van der Waals surface area (Å²) in [5, 5.41) is 18.9. The highest BCUT2D eigenvalue weighted by Crippen LogP contribution is 2.36. The number of anilines is 3. The lowest BCUT2D eigenvalue weighted by Crippen LogP contribution is -2.49. The van der Waals surface area contributed by atoms with E-state index in [2.05, 4.69) is 48.4 Å². The topological polar surface area (TPSA) is 64.0 Å². The molecule has 31 heavy (non-hydrogen) atoms. The Bertz CT molecular complexity index is 1100. The van der Waals surface area contributed by atoms with Gasteiger partial charge in [-0.15, -0.1) is 0 Å². The van der Waals surface area contributed by atoms with Crippen molar-refractivity contribution in [3.8, 4) is 6.07 Å². The van der Waals surface area contributed by atoms with Crippen molar-refractivity contribution in [1.82, 2.24) is 10.3 Å². The van der Waals surface area contributed by atoms with Crippen LogP contribution in [0.3, 0.4) is 0 Å². The minimum atomic E-state index is 0.101. The van der Waals surface area contributed by atoms with Crippen LogP contribution in [0.15, 0.2) is 48.5 Å². The Morgan fingerprint density at radius 2 is 1.74 bits per heavy atom. The number of nitrogens with one attached hydrogen (secondary N) is 2. The van der Waals surface area contributed by atoms with Crippen molar-refractivity contribution in [1.29, 1.82) is 5.26 Å². The van der Waals surface area contributed by atoms with Crippen LogP contribution in [-0.4, -0.2) is 29.7 Å². The number of pyridine rings is 1. The van der Waals surface area contributed by atoms with Crippen LogP contribution in [0.2, 0.25) is 5.02 Å². The van der Waals surface area contributed by atoms with Crippen LogP contribution in [0.25, 0.3) is 10.9 Å². The Morgan fingerprint density at radius 3 is 2.39 bits per heavy atom. The number of rotatable bonds is 4. The number of para-hydroxylation sites is 1. The highest BCUT2D eigenvalue weighted by Gasteiger charge is 2.27. The number of aromatic nitrogens is 1. The molecule has 1 fully saturated rings. The Kier molecular flexibility index (Phi) is 6.04. The smallest absolute Gasteiger partial charge is 0.151 e. The van der Waals surface area contributed by atoms with E-state index in [0.717, 1.165) is 48.2 Å². The molecule has 5 nitrogen and oxygen atoms in total. The maximum atomic E-state index is 10.1. The number of hydrogen-bond acceptors (Lipinski definition) is 5. The van der Waals surface area contributed by atoms with Crippen molar-refractivity contribution in [2.24, 2.45) is 0 Å². The molecule has 2 N–H and O–H groups in total. The van der Waals surface area contributed by atoms with Crippen LogP contribution in [-0.2, 0) is 0 Å². The minimum Gasteiger partial charge on any atom is -0.370 e. The summed E-state index contributed by atoms with van der Waals surface area (Å²) < 4.78 is 0. The molecule has 0 amide bonds. The first kappa shape index (κ1) is 21.4. The van der Waals surface area contributed by atoms with E-state index in [-0.39, 0.29) is 5.54 Å². The lowest BCUT2D eigenvalue weighted by Gasteiger charge is -2.38. The number of fused-ring (bicyclic) bond motifs is 1. The normalized spacial score (nSPS) is 15.1. The molecule has 0 saturated carbocycles. The van der Waals surface area contributed by atoms with Gasteiger partial charge in [-0.05, 0) is 63.9 Å². The predicted molar refractivity (Wildman–Crippen MR) is 129 cm³/mol. The van der Waals surface area contributed by atoms with Gasteiger partial charge in [0, 0.05) is 40.8 Å². The SMILES string of the molecule is CC(C)(C)NC1CCN(c2c(C#N)c(Nc3ccc(Cl)cc3)nc3ccccc23)CC1. The third-order valence-corrected chi connectivity index (χ3v) is 5.78. The summed E-state index contributed by atoms with van der Waals surface area (Å²) in [5.74, 6) is 0.577. The number of piperidine rings is 1. The van der Waals surface area contributed by atoms with E-state index in [9.17, 15) is 5.26 Å². The van der Waals surface area contributed by atoms with Gasteiger partial charge >= 0.3 is 0 Å². The third kappa shape index (κ3) is 4.92. The van der Waals surface area contributed by atoms with Crippen molar-refractivity contribution in [2.75, 3.05) is 23.3 Å². The number of halogens is 1. The van der Waals surface area contributed by atoms with Crippen molar-refractivity contribution in [2.45, 2.75) is 45.2 Å². The van der Waals surface area contributed by atoms with Crippen LogP contribution < -0.4 is 15.5 Å². The zero-order valence-electron chi connectivity index (χ0n) is 18.2. The van der Waals surface area contributed by atoms with Gasteiger partial charge in [-0.2, -0.15) is 5.26 Å². The second-order valence-electron chi connectivity index (χ2n) is 9.10. The standard InChI is InChI=1S/C25H28ClN5/c1-25(2,3)30-19-12-14-31(15-13-19)23-20-6-4-5-7-22(20)29-24(21(23)16-27)28-18-10-8-17(26)9-11-18/h4-11,19,30H,12-15H2,1-3H3,(H,28,29). The largest absolute Gasteiger partial charge is 0.370 e. The van der Waals surface area contributed by atoms with Crippen LogP contribution in [0.4, 0.5) is 17.2 Å². The molecular weight excluding hydrogens is 406 g/mol. The van der Waals surface area contributed by atoms with Gasteiger partial charge in [0.2, 0.25) is 0 Å². The van der Waals surface area contributed by atoms with Crippen molar-refractivity contribution in [3.05, 3.63) is 59.1 Å². The van der Waals surface area contributed by atoms with Crippen LogP contribution >= 0.6 is 11.6 Å². The van der Waals surface area contributed by atoms with Gasteiger partial charge in [-0.1, -0.05) is 29.8 Å². The molecule has 160 valence electrons. The fraction of sp³-hybridized carbons (Fsp3) is 0.360. The Labute approximate surface area is 189 Å². The lowest BCUT2D eigenvalue weighted by molar-refractivity contribution is 0.317. The van der Waals surface area contributed by atoms with E-state index in [1.54, 1.807) is 0 Å². The van der Waals surface area contributed by atoms with E-state index in [1.807, 2.05) is 42.5 Å². The summed E-state index contributed by atoms with van der Waals surface area (Å²) in [6, 6.07) is 18.4. The zero-order chi connectivity index (χ0) is 22.0. The molecule has 1 aliphatic rings. The molecule has 0 radical (unpaired) electrons. The summed E-state index contributed by atoms with van der Waals surface area (Å²) in [7, 11) is 0. The summed E-state index contributed by atoms with van der Waals surface area (Å²) in [6.07, 6.45) is 2.08. The fourth-order valence-corrected chi connectivity index (χ4v) is 4.38. The number of nitrogens with zero attached hydrogens (tertiary/aromatic N) is 3. The highest BCUT2D eigenvalue weighted by atomic mass is 35.5. The highest BCUT2D eigenvalue weighted by molar-refractivity contribution is 6.30. The van der Waals surface area contributed by atoms with E-state index in [4.69, 9.17) is 16.6 Å². The Morgan fingerprint density at radius 1 is 1.06 bits per heavy atom. The second-order valence-corrected chi connectivity index (χ2v) is 9.54. The van der Waals surface area contributed by atoms with Gasteiger partial charge in [-0.3, -0.25) is 0 Å². The lowest BCUT2D eigenvalue weighted by atomic mass is 9.98. The van der Waals surface area contributed by atoms with Gasteiger partial charge in [0.05, 0.1) is 11.2 Å². The molecule has 0 spiro atoms. The fourth-order valence-electron chi connectivity index (χ4n) is 4.25. The average molecular weight is 434 g/mol. The van der Waals surface area contributed by atoms with E-state index < -0.39 is 0 Å². The Balaban J connectivity index is 1.70. The molecule has 0 aliphatic carbocycles. The molecule has 0 bridgehead atoms. The summed E-state index contributed by atoms with van der Waals surface area (Å²) in [6.45, 7) is 8.42. The second kappa shape index (κ2) is 8.74. The maximum Gasteiger partial charge on any atom is 0.151 e. The van der Waals surface area contributed by atoms with Gasteiger partial charge < -0.3 is 15.5 Å². The van der Waals surface area contributed by atoms with Gasteiger partial charge in [0.25, 0.3) is 0 Å². The van der Waals surface area contributed by atoms with Crippen molar-refractivity contribution < 1.29 is 0 Å². The van der Waals surface area contributed by atoms with Gasteiger partial charge in [0.15, 0.2) is 5.82 Å². The first-order valence-corrected chi connectivity index (χ1v) is 11.1. The number of nitriles is 1. The molecule has 3 aromatic rings. The molecule has 0 unspecified atom stereocenters. The first-order valence-electron chi connectivity index (χ1n) is 10.7. The number of benzene rings is 2. The van der Waals surface area contributed by atoms with E-state index in [1.165, 1.54) is 0 Å². The van der Waals surface area contributed by atoms with Crippen molar-refractivity contribution >= 4 is 39.7 Å². The maximum absolute atomic E-state index is 10.1. The van der Waals surface area contributed by atoms with Gasteiger partial charge in [0.1, 0.15) is 11.6 Å². The average Bonchev–Trinajstić information content (AvgIpc) is 2.74. The van der Waals surface area contributed by atoms with Crippen LogP contribution in [0, 0.1) is 11.3 Å². The molecule has 1 aromatic heterocycles. The number of hydrogen-bond donors (Lipinski definition) is 2. The molecule has 1 aliphatic heterocycles. The van der Waals surface area contributed by atoms with E-state index in [0.29, 0.717) is 22.4 Å². The summed E-state index contributed by atoms with van der Waals surface area (Å²) in [5.41, 5.74) is 3.38. The molecular formula is C25H28ClN5.